The first-order chi connectivity index (χ1) is 7.29. The third kappa shape index (κ3) is 2.71. The monoisotopic (exact) mass is 210 g/mol. The fraction of sp³-hybridized carbons (Fsp3) is 0.917. The van der Waals surface area contributed by atoms with Crippen molar-refractivity contribution in [1.82, 2.24) is 10.6 Å². The SMILES string of the molecule is CCCNCC(=O)NC1CC2CCC1C2. The number of hydrogen-bond donors (Lipinski definition) is 2. The van der Waals surface area contributed by atoms with Crippen molar-refractivity contribution < 1.29 is 4.79 Å². The third-order valence-corrected chi connectivity index (χ3v) is 3.80. The first-order valence-corrected chi connectivity index (χ1v) is 6.29. The minimum atomic E-state index is 0.181. The molecule has 0 aromatic rings. The highest BCUT2D eigenvalue weighted by atomic mass is 16.2. The number of fused-ring (bicyclic) bond motifs is 2. The highest BCUT2D eigenvalue weighted by molar-refractivity contribution is 5.78. The van der Waals surface area contributed by atoms with E-state index in [9.17, 15) is 4.79 Å². The Morgan fingerprint density at radius 2 is 2.20 bits per heavy atom. The van der Waals surface area contributed by atoms with Crippen molar-refractivity contribution in [3.63, 3.8) is 0 Å². The molecule has 15 heavy (non-hydrogen) atoms. The fourth-order valence-electron chi connectivity index (χ4n) is 3.06. The van der Waals surface area contributed by atoms with Gasteiger partial charge in [0.25, 0.3) is 0 Å². The summed E-state index contributed by atoms with van der Waals surface area (Å²) < 4.78 is 0. The molecule has 2 N–H and O–H groups in total. The predicted octanol–water partition coefficient (Wildman–Crippen LogP) is 1.29. The smallest absolute Gasteiger partial charge is 0.234 e. The summed E-state index contributed by atoms with van der Waals surface area (Å²) in [4.78, 5) is 11.6. The summed E-state index contributed by atoms with van der Waals surface area (Å²) in [7, 11) is 0. The van der Waals surface area contributed by atoms with Gasteiger partial charge in [0, 0.05) is 6.04 Å². The van der Waals surface area contributed by atoms with Crippen molar-refractivity contribution in [1.29, 1.82) is 0 Å². The molecule has 2 saturated carbocycles. The second-order valence-electron chi connectivity index (χ2n) is 5.03. The minimum absolute atomic E-state index is 0.181. The van der Waals surface area contributed by atoms with E-state index in [1.165, 1.54) is 25.7 Å². The van der Waals surface area contributed by atoms with E-state index in [1.54, 1.807) is 0 Å². The first kappa shape index (κ1) is 10.9. The van der Waals surface area contributed by atoms with E-state index >= 15 is 0 Å². The highest BCUT2D eigenvalue weighted by Gasteiger charge is 2.39. The maximum Gasteiger partial charge on any atom is 0.234 e. The van der Waals surface area contributed by atoms with Crippen molar-refractivity contribution >= 4 is 5.91 Å². The van der Waals surface area contributed by atoms with Gasteiger partial charge < -0.3 is 10.6 Å². The van der Waals surface area contributed by atoms with Crippen molar-refractivity contribution in [2.75, 3.05) is 13.1 Å². The molecule has 86 valence electrons. The lowest BCUT2D eigenvalue weighted by Gasteiger charge is -2.22. The van der Waals surface area contributed by atoms with Gasteiger partial charge in [-0.1, -0.05) is 13.3 Å². The summed E-state index contributed by atoms with van der Waals surface area (Å²) in [5, 5.41) is 6.31. The van der Waals surface area contributed by atoms with E-state index in [4.69, 9.17) is 0 Å². The Balaban J connectivity index is 1.66. The van der Waals surface area contributed by atoms with Crippen LogP contribution in [-0.4, -0.2) is 25.0 Å². The van der Waals surface area contributed by atoms with E-state index in [2.05, 4.69) is 17.6 Å². The topological polar surface area (TPSA) is 41.1 Å². The van der Waals surface area contributed by atoms with Crippen LogP contribution in [-0.2, 0) is 4.79 Å². The molecule has 2 rings (SSSR count). The van der Waals surface area contributed by atoms with Crippen LogP contribution < -0.4 is 10.6 Å². The third-order valence-electron chi connectivity index (χ3n) is 3.80. The zero-order chi connectivity index (χ0) is 10.7. The van der Waals surface area contributed by atoms with Gasteiger partial charge in [0.15, 0.2) is 0 Å². The normalized spacial score (nSPS) is 33.3. The van der Waals surface area contributed by atoms with Gasteiger partial charge in [0.2, 0.25) is 5.91 Å². The standard InChI is InChI=1S/C12H22N2O/c1-2-5-13-8-12(15)14-11-7-9-3-4-10(11)6-9/h9-11,13H,2-8H2,1H3,(H,14,15). The molecule has 0 aliphatic heterocycles. The maximum atomic E-state index is 11.6. The van der Waals surface area contributed by atoms with Gasteiger partial charge >= 0.3 is 0 Å². The van der Waals surface area contributed by atoms with Crippen molar-refractivity contribution in [3.8, 4) is 0 Å². The average Bonchev–Trinajstić information content (AvgIpc) is 2.79. The summed E-state index contributed by atoms with van der Waals surface area (Å²) in [5.41, 5.74) is 0. The molecule has 0 radical (unpaired) electrons. The lowest BCUT2D eigenvalue weighted by molar-refractivity contribution is -0.121. The van der Waals surface area contributed by atoms with Crippen molar-refractivity contribution in [2.45, 2.75) is 45.1 Å². The average molecular weight is 210 g/mol. The number of carbonyl (C=O) groups is 1. The van der Waals surface area contributed by atoms with Gasteiger partial charge in [-0.15, -0.1) is 0 Å². The van der Waals surface area contributed by atoms with Crippen LogP contribution in [0, 0.1) is 11.8 Å². The van der Waals surface area contributed by atoms with Gasteiger partial charge in [0.05, 0.1) is 6.54 Å². The summed E-state index contributed by atoms with van der Waals surface area (Å²) in [5.74, 6) is 1.87. The van der Waals surface area contributed by atoms with E-state index in [0.717, 1.165) is 24.8 Å². The van der Waals surface area contributed by atoms with Gasteiger partial charge in [-0.25, -0.2) is 0 Å². The first-order valence-electron chi connectivity index (χ1n) is 6.29. The van der Waals surface area contributed by atoms with E-state index in [0.29, 0.717) is 12.6 Å². The predicted molar refractivity (Wildman–Crippen MR) is 60.5 cm³/mol. The molecular weight excluding hydrogens is 188 g/mol. The van der Waals surface area contributed by atoms with Crippen LogP contribution in [0.15, 0.2) is 0 Å². The highest BCUT2D eigenvalue weighted by Crippen LogP contribution is 2.44. The van der Waals surface area contributed by atoms with Crippen LogP contribution >= 0.6 is 0 Å². The van der Waals surface area contributed by atoms with Gasteiger partial charge in [-0.3, -0.25) is 4.79 Å². The summed E-state index contributed by atoms with van der Waals surface area (Å²) in [6, 6.07) is 0.486. The van der Waals surface area contributed by atoms with Crippen LogP contribution in [0.25, 0.3) is 0 Å². The molecule has 1 amide bonds. The van der Waals surface area contributed by atoms with Gasteiger partial charge in [-0.2, -0.15) is 0 Å². The largest absolute Gasteiger partial charge is 0.352 e. The molecule has 2 aliphatic carbocycles. The van der Waals surface area contributed by atoms with Crippen LogP contribution in [0.3, 0.4) is 0 Å². The Morgan fingerprint density at radius 1 is 1.33 bits per heavy atom. The molecule has 0 heterocycles. The second kappa shape index (κ2) is 4.97. The molecule has 0 aromatic carbocycles. The lowest BCUT2D eigenvalue weighted by atomic mass is 9.95. The molecular formula is C12H22N2O. The summed E-state index contributed by atoms with van der Waals surface area (Å²) in [6.07, 6.45) is 6.39. The molecule has 3 heteroatoms. The van der Waals surface area contributed by atoms with Crippen LogP contribution in [0.4, 0.5) is 0 Å². The van der Waals surface area contributed by atoms with Crippen LogP contribution in [0.5, 0.6) is 0 Å². The number of amides is 1. The zero-order valence-corrected chi connectivity index (χ0v) is 9.59. The lowest BCUT2D eigenvalue weighted by Crippen LogP contribution is -2.43. The number of carbonyl (C=O) groups excluding carboxylic acids is 1. The summed E-state index contributed by atoms with van der Waals surface area (Å²) in [6.45, 7) is 3.53. The van der Waals surface area contributed by atoms with Crippen molar-refractivity contribution in [3.05, 3.63) is 0 Å². The summed E-state index contributed by atoms with van der Waals surface area (Å²) >= 11 is 0. The molecule has 2 aliphatic rings. The van der Waals surface area contributed by atoms with Gasteiger partial charge in [-0.05, 0) is 44.1 Å². The molecule has 0 aromatic heterocycles. The Labute approximate surface area is 92.0 Å². The van der Waals surface area contributed by atoms with Crippen molar-refractivity contribution in [2.24, 2.45) is 11.8 Å². The van der Waals surface area contributed by atoms with E-state index < -0.39 is 0 Å². The minimum Gasteiger partial charge on any atom is -0.352 e. The Kier molecular flexibility index (Phi) is 3.62. The molecule has 3 atom stereocenters. The number of nitrogens with one attached hydrogen (secondary N) is 2. The van der Waals surface area contributed by atoms with E-state index in [1.807, 2.05) is 0 Å². The fourth-order valence-corrected chi connectivity index (χ4v) is 3.06. The molecule has 0 saturated heterocycles. The Bertz CT molecular complexity index is 230. The molecule has 3 unspecified atom stereocenters. The van der Waals surface area contributed by atoms with Crippen LogP contribution in [0.2, 0.25) is 0 Å². The Morgan fingerprint density at radius 3 is 2.80 bits per heavy atom. The quantitative estimate of drug-likeness (QED) is 0.671. The Hall–Kier alpha value is -0.570. The number of rotatable bonds is 5. The van der Waals surface area contributed by atoms with Gasteiger partial charge in [0.1, 0.15) is 0 Å². The second-order valence-corrected chi connectivity index (χ2v) is 5.03. The maximum absolute atomic E-state index is 11.6. The van der Waals surface area contributed by atoms with Crippen LogP contribution in [0.1, 0.15) is 39.0 Å². The zero-order valence-electron chi connectivity index (χ0n) is 9.59. The molecule has 2 fully saturated rings. The van der Waals surface area contributed by atoms with E-state index in [-0.39, 0.29) is 5.91 Å². The molecule has 0 spiro atoms. The molecule has 3 nitrogen and oxygen atoms in total. The number of hydrogen-bond acceptors (Lipinski definition) is 2. The molecule has 2 bridgehead atoms.